The molecule has 2 aliphatic rings. The van der Waals surface area contributed by atoms with Gasteiger partial charge in [0.15, 0.2) is 0 Å². The van der Waals surface area contributed by atoms with Gasteiger partial charge >= 0.3 is 5.97 Å². The number of carboxylic acids is 1. The molecule has 2 fully saturated rings. The van der Waals surface area contributed by atoms with E-state index in [2.05, 4.69) is 6.07 Å². The minimum atomic E-state index is -0.894. The Morgan fingerprint density at radius 3 is 2.68 bits per heavy atom. The molecule has 4 nitrogen and oxygen atoms in total. The van der Waals surface area contributed by atoms with Crippen molar-refractivity contribution in [3.63, 3.8) is 0 Å². The second-order valence-electron chi connectivity index (χ2n) is 5.39. The zero-order valence-corrected chi connectivity index (χ0v) is 10.7. The van der Waals surface area contributed by atoms with Gasteiger partial charge in [0.25, 0.3) is 0 Å². The highest BCUT2D eigenvalue weighted by molar-refractivity contribution is 5.87. The molecule has 1 saturated carbocycles. The van der Waals surface area contributed by atoms with Gasteiger partial charge in [-0.2, -0.15) is 0 Å². The molecule has 1 unspecified atom stereocenters. The van der Waals surface area contributed by atoms with Crippen molar-refractivity contribution in [3.05, 3.63) is 35.4 Å². The van der Waals surface area contributed by atoms with E-state index in [1.54, 1.807) is 0 Å². The van der Waals surface area contributed by atoms with Crippen LogP contribution in [-0.2, 0) is 16.1 Å². The predicted molar refractivity (Wildman–Crippen MR) is 69.6 cm³/mol. The van der Waals surface area contributed by atoms with Gasteiger partial charge in [0.1, 0.15) is 6.04 Å². The van der Waals surface area contributed by atoms with Gasteiger partial charge in [-0.15, -0.1) is 0 Å². The Labute approximate surface area is 112 Å². The van der Waals surface area contributed by atoms with E-state index in [1.165, 1.54) is 23.3 Å². The van der Waals surface area contributed by atoms with E-state index in [1.807, 2.05) is 18.2 Å². The van der Waals surface area contributed by atoms with Crippen molar-refractivity contribution in [1.82, 2.24) is 4.90 Å². The molecule has 0 spiro atoms. The Balaban J connectivity index is 1.84. The van der Waals surface area contributed by atoms with Crippen molar-refractivity contribution >= 4 is 11.9 Å². The summed E-state index contributed by atoms with van der Waals surface area (Å²) in [6, 6.07) is 7.43. The number of hydrogen-bond acceptors (Lipinski definition) is 2. The summed E-state index contributed by atoms with van der Waals surface area (Å²) in [7, 11) is 0. The summed E-state index contributed by atoms with van der Waals surface area (Å²) in [5.74, 6) is -0.329. The lowest BCUT2D eigenvalue weighted by Crippen LogP contribution is -2.38. The Hall–Kier alpha value is -1.84. The number of likely N-dealkylation sites (tertiary alicyclic amines) is 1. The quantitative estimate of drug-likeness (QED) is 0.901. The van der Waals surface area contributed by atoms with Crippen LogP contribution in [0.2, 0.25) is 0 Å². The average molecular weight is 259 g/mol. The van der Waals surface area contributed by atoms with Crippen LogP contribution in [0.25, 0.3) is 0 Å². The van der Waals surface area contributed by atoms with Gasteiger partial charge in [-0.3, -0.25) is 4.79 Å². The summed E-state index contributed by atoms with van der Waals surface area (Å²) in [5.41, 5.74) is 2.39. The van der Waals surface area contributed by atoms with E-state index < -0.39 is 12.0 Å². The van der Waals surface area contributed by atoms with Crippen LogP contribution in [0.3, 0.4) is 0 Å². The fourth-order valence-corrected chi connectivity index (χ4v) is 2.84. The van der Waals surface area contributed by atoms with E-state index in [4.69, 9.17) is 0 Å². The van der Waals surface area contributed by atoms with E-state index >= 15 is 0 Å². The molecule has 100 valence electrons. The van der Waals surface area contributed by atoms with E-state index in [0.29, 0.717) is 25.3 Å². The Kier molecular flexibility index (Phi) is 3.01. The molecule has 1 heterocycles. The number of hydrogen-bond donors (Lipinski definition) is 1. The fraction of sp³-hybridized carbons (Fsp3) is 0.467. The molecule has 1 aliphatic carbocycles. The highest BCUT2D eigenvalue weighted by Gasteiger charge is 2.36. The maximum Gasteiger partial charge on any atom is 0.326 e. The van der Waals surface area contributed by atoms with Crippen LogP contribution in [0, 0.1) is 0 Å². The minimum absolute atomic E-state index is 0.0435. The molecule has 1 saturated heterocycles. The number of carbonyl (C=O) groups excluding carboxylic acids is 1. The summed E-state index contributed by atoms with van der Waals surface area (Å²) in [6.07, 6.45) is 3.18. The summed E-state index contributed by atoms with van der Waals surface area (Å²) in [5, 5.41) is 9.18. The van der Waals surface area contributed by atoms with Gasteiger partial charge in [0.2, 0.25) is 5.91 Å². The first-order valence-electron chi connectivity index (χ1n) is 6.77. The van der Waals surface area contributed by atoms with Gasteiger partial charge in [-0.05, 0) is 36.3 Å². The fourth-order valence-electron chi connectivity index (χ4n) is 2.84. The third-order valence-electron chi connectivity index (χ3n) is 4.03. The SMILES string of the molecule is O=C(O)C1CCC(=O)N1Cc1ccccc1C1CC1. The number of nitrogens with zero attached hydrogens (tertiary/aromatic N) is 1. The molecule has 1 aliphatic heterocycles. The molecule has 1 aromatic carbocycles. The first-order chi connectivity index (χ1) is 9.16. The van der Waals surface area contributed by atoms with Crippen LogP contribution >= 0.6 is 0 Å². The van der Waals surface area contributed by atoms with Gasteiger partial charge in [0.05, 0.1) is 0 Å². The number of carbonyl (C=O) groups is 2. The molecule has 1 aromatic rings. The first-order valence-corrected chi connectivity index (χ1v) is 6.77. The summed E-state index contributed by atoms with van der Waals surface area (Å²) < 4.78 is 0. The number of benzene rings is 1. The third-order valence-corrected chi connectivity index (χ3v) is 4.03. The number of aliphatic carboxylic acids is 1. The van der Waals surface area contributed by atoms with Crippen molar-refractivity contribution in [1.29, 1.82) is 0 Å². The molecule has 0 radical (unpaired) electrons. The standard InChI is InChI=1S/C15H17NO3/c17-14-8-7-13(15(18)19)16(14)9-11-3-1-2-4-12(11)10-5-6-10/h1-4,10,13H,5-9H2,(H,18,19). The predicted octanol–water partition coefficient (Wildman–Crippen LogP) is 2.14. The maximum absolute atomic E-state index is 11.9. The number of amides is 1. The topological polar surface area (TPSA) is 57.6 Å². The Bertz CT molecular complexity index is 522. The van der Waals surface area contributed by atoms with Gasteiger partial charge in [-0.25, -0.2) is 4.79 Å². The summed E-state index contributed by atoms with van der Waals surface area (Å²) in [6.45, 7) is 0.433. The zero-order valence-electron chi connectivity index (χ0n) is 10.7. The van der Waals surface area contributed by atoms with E-state index in [9.17, 15) is 14.7 Å². The van der Waals surface area contributed by atoms with Crippen LogP contribution in [0.4, 0.5) is 0 Å². The third kappa shape index (κ3) is 2.35. The highest BCUT2D eigenvalue weighted by Crippen LogP contribution is 2.42. The second-order valence-corrected chi connectivity index (χ2v) is 5.39. The molecular weight excluding hydrogens is 242 g/mol. The minimum Gasteiger partial charge on any atom is -0.480 e. The van der Waals surface area contributed by atoms with Crippen molar-refractivity contribution in [3.8, 4) is 0 Å². The lowest BCUT2D eigenvalue weighted by molar-refractivity contribution is -0.146. The monoisotopic (exact) mass is 259 g/mol. The summed E-state index contributed by atoms with van der Waals surface area (Å²) >= 11 is 0. The molecule has 1 N–H and O–H groups in total. The molecule has 3 rings (SSSR count). The average Bonchev–Trinajstić information content (AvgIpc) is 3.16. The second kappa shape index (κ2) is 4.68. The largest absolute Gasteiger partial charge is 0.480 e. The molecule has 0 bridgehead atoms. The molecule has 1 amide bonds. The van der Waals surface area contributed by atoms with Crippen molar-refractivity contribution < 1.29 is 14.7 Å². The van der Waals surface area contributed by atoms with Crippen LogP contribution in [0.15, 0.2) is 24.3 Å². The van der Waals surface area contributed by atoms with Crippen molar-refractivity contribution in [2.24, 2.45) is 0 Å². The van der Waals surface area contributed by atoms with Crippen molar-refractivity contribution in [2.75, 3.05) is 0 Å². The highest BCUT2D eigenvalue weighted by atomic mass is 16.4. The molecule has 19 heavy (non-hydrogen) atoms. The van der Waals surface area contributed by atoms with Gasteiger partial charge in [0, 0.05) is 13.0 Å². The van der Waals surface area contributed by atoms with E-state index in [-0.39, 0.29) is 5.91 Å². The van der Waals surface area contributed by atoms with Crippen molar-refractivity contribution in [2.45, 2.75) is 44.2 Å². The summed E-state index contributed by atoms with van der Waals surface area (Å²) in [4.78, 5) is 24.6. The smallest absolute Gasteiger partial charge is 0.326 e. The van der Waals surface area contributed by atoms with E-state index in [0.717, 1.165) is 5.56 Å². The van der Waals surface area contributed by atoms with Crippen LogP contribution in [0.1, 0.15) is 42.7 Å². The van der Waals surface area contributed by atoms with Crippen LogP contribution in [0.5, 0.6) is 0 Å². The molecular formula is C15H17NO3. The Morgan fingerprint density at radius 2 is 2.00 bits per heavy atom. The molecule has 0 aromatic heterocycles. The normalized spacial score (nSPS) is 22.8. The molecule has 4 heteroatoms. The van der Waals surface area contributed by atoms with Crippen LogP contribution < -0.4 is 0 Å². The lowest BCUT2D eigenvalue weighted by atomic mass is 10.0. The Morgan fingerprint density at radius 1 is 1.26 bits per heavy atom. The van der Waals surface area contributed by atoms with Gasteiger partial charge in [-0.1, -0.05) is 24.3 Å². The van der Waals surface area contributed by atoms with Crippen LogP contribution in [-0.4, -0.2) is 27.9 Å². The first kappa shape index (κ1) is 12.2. The zero-order chi connectivity index (χ0) is 13.4. The number of carboxylic acid groups (broad SMARTS) is 1. The molecule has 1 atom stereocenters. The maximum atomic E-state index is 11.9. The lowest BCUT2D eigenvalue weighted by Gasteiger charge is -2.23. The van der Waals surface area contributed by atoms with Gasteiger partial charge < -0.3 is 10.0 Å². The number of rotatable bonds is 4.